The first kappa shape index (κ1) is 34.1. The molecule has 1 aliphatic carbocycles. The van der Waals surface area contributed by atoms with Crippen molar-refractivity contribution < 1.29 is 38.7 Å². The lowest BCUT2D eigenvalue weighted by Crippen LogP contribution is -2.57. The van der Waals surface area contributed by atoms with Crippen molar-refractivity contribution in [3.63, 3.8) is 0 Å². The fraction of sp³-hybridized carbons (Fsp3) is 0.484. The van der Waals surface area contributed by atoms with E-state index in [9.17, 15) is 34.4 Å². The Morgan fingerprint density at radius 1 is 1.00 bits per heavy atom. The third-order valence-corrected chi connectivity index (χ3v) is 7.33. The predicted octanol–water partition coefficient (Wildman–Crippen LogP) is 2.41. The number of non-ortho nitro benzene ring substituents is 1. The molecular weight excluding hydrogens is 572 g/mol. The molecule has 1 saturated carbocycles. The highest BCUT2D eigenvalue weighted by molar-refractivity contribution is 5.98. The zero-order valence-corrected chi connectivity index (χ0v) is 24.7. The topological polar surface area (TPSA) is 186 Å². The van der Waals surface area contributed by atoms with Gasteiger partial charge in [0.05, 0.1) is 30.8 Å². The largest absolute Gasteiger partial charge is 0.465 e. The first-order valence-electron chi connectivity index (χ1n) is 14.8. The summed E-state index contributed by atoms with van der Waals surface area (Å²) < 4.78 is 10.5. The zero-order chi connectivity index (χ0) is 31.9. The summed E-state index contributed by atoms with van der Waals surface area (Å²) in [6, 6.07) is 12.1. The quantitative estimate of drug-likeness (QED) is 0.125. The van der Waals surface area contributed by atoms with Gasteiger partial charge >= 0.3 is 5.97 Å². The van der Waals surface area contributed by atoms with Crippen molar-refractivity contribution in [3.05, 3.63) is 75.8 Å². The van der Waals surface area contributed by atoms with Crippen molar-refractivity contribution >= 4 is 29.4 Å². The highest BCUT2D eigenvalue weighted by atomic mass is 16.6. The number of aliphatic hydroxyl groups excluding tert-OH is 1. The molecule has 0 aliphatic heterocycles. The van der Waals surface area contributed by atoms with Crippen LogP contribution in [0.1, 0.15) is 61.4 Å². The van der Waals surface area contributed by atoms with Crippen molar-refractivity contribution in [3.8, 4) is 0 Å². The van der Waals surface area contributed by atoms with Gasteiger partial charge in [0.15, 0.2) is 6.10 Å². The second-order valence-electron chi connectivity index (χ2n) is 10.7. The Kier molecular flexibility index (Phi) is 13.7. The molecule has 1 unspecified atom stereocenters. The molecule has 2 aromatic carbocycles. The summed E-state index contributed by atoms with van der Waals surface area (Å²) in [7, 11) is 0. The average molecular weight is 613 g/mol. The van der Waals surface area contributed by atoms with Gasteiger partial charge in [-0.15, -0.1) is 0 Å². The number of hydrogen-bond donors (Lipinski definition) is 4. The molecule has 3 rings (SSSR count). The maximum atomic E-state index is 13.7. The molecule has 238 valence electrons. The summed E-state index contributed by atoms with van der Waals surface area (Å²) >= 11 is 0. The van der Waals surface area contributed by atoms with E-state index < -0.39 is 53.3 Å². The monoisotopic (exact) mass is 612 g/mol. The van der Waals surface area contributed by atoms with E-state index in [0.29, 0.717) is 6.42 Å². The van der Waals surface area contributed by atoms with Gasteiger partial charge in [0, 0.05) is 17.7 Å². The van der Waals surface area contributed by atoms with Gasteiger partial charge in [-0.25, -0.2) is 0 Å². The van der Waals surface area contributed by atoms with Gasteiger partial charge in [0.25, 0.3) is 17.5 Å². The number of carbonyl (C=O) groups is 4. The van der Waals surface area contributed by atoms with Gasteiger partial charge in [-0.1, -0.05) is 68.5 Å². The number of nitro groups is 1. The van der Waals surface area contributed by atoms with Gasteiger partial charge in [0.1, 0.15) is 12.6 Å². The smallest absolute Gasteiger partial charge is 0.325 e. The van der Waals surface area contributed by atoms with Crippen LogP contribution in [0.15, 0.2) is 54.6 Å². The summed E-state index contributed by atoms with van der Waals surface area (Å²) in [5.74, 6) is -2.79. The molecule has 3 atom stereocenters. The molecular formula is C31H40N4O9. The molecule has 3 amide bonds. The molecule has 13 nitrogen and oxygen atoms in total. The lowest BCUT2D eigenvalue weighted by atomic mass is 9.84. The number of nitro benzene ring substituents is 1. The van der Waals surface area contributed by atoms with Crippen LogP contribution in [0.2, 0.25) is 0 Å². The van der Waals surface area contributed by atoms with Crippen LogP contribution >= 0.6 is 0 Å². The van der Waals surface area contributed by atoms with E-state index in [1.165, 1.54) is 18.2 Å². The van der Waals surface area contributed by atoms with Gasteiger partial charge in [0.2, 0.25) is 5.91 Å². The summed E-state index contributed by atoms with van der Waals surface area (Å²) in [5, 5.41) is 29.8. The summed E-state index contributed by atoms with van der Waals surface area (Å²) in [6.45, 7) is 1.14. The Labute approximate surface area is 255 Å². The first-order valence-corrected chi connectivity index (χ1v) is 14.8. The predicted molar refractivity (Wildman–Crippen MR) is 159 cm³/mol. The normalized spacial score (nSPS) is 15.3. The molecule has 0 bridgehead atoms. The molecule has 0 radical (unpaired) electrons. The first-order chi connectivity index (χ1) is 21.2. The molecule has 13 heteroatoms. The van der Waals surface area contributed by atoms with Crippen LogP contribution in [-0.4, -0.2) is 71.7 Å². The van der Waals surface area contributed by atoms with Crippen molar-refractivity contribution in [1.29, 1.82) is 0 Å². The highest BCUT2D eigenvalue weighted by Crippen LogP contribution is 2.27. The number of rotatable bonds is 16. The number of benzene rings is 2. The lowest BCUT2D eigenvalue weighted by molar-refractivity contribution is -0.384. The fourth-order valence-electron chi connectivity index (χ4n) is 5.02. The second kappa shape index (κ2) is 17.7. The van der Waals surface area contributed by atoms with Gasteiger partial charge < -0.3 is 30.5 Å². The minimum atomic E-state index is -1.80. The second-order valence-corrected chi connectivity index (χ2v) is 10.7. The van der Waals surface area contributed by atoms with Gasteiger partial charge in [-0.2, -0.15) is 0 Å². The zero-order valence-electron chi connectivity index (χ0n) is 24.7. The molecule has 0 saturated heterocycles. The molecule has 0 aromatic heterocycles. The number of ether oxygens (including phenoxy) is 2. The number of esters is 1. The van der Waals surface area contributed by atoms with Crippen LogP contribution in [0.4, 0.5) is 5.69 Å². The van der Waals surface area contributed by atoms with Crippen LogP contribution < -0.4 is 16.0 Å². The maximum Gasteiger partial charge on any atom is 0.325 e. The number of aliphatic hydroxyl groups is 1. The van der Waals surface area contributed by atoms with Crippen LogP contribution in [0.3, 0.4) is 0 Å². The van der Waals surface area contributed by atoms with E-state index in [2.05, 4.69) is 16.0 Å². The number of hydrogen-bond acceptors (Lipinski definition) is 9. The molecule has 2 aromatic rings. The van der Waals surface area contributed by atoms with Crippen LogP contribution in [-0.2, 0) is 30.5 Å². The summed E-state index contributed by atoms with van der Waals surface area (Å²) in [4.78, 5) is 61.9. The van der Waals surface area contributed by atoms with E-state index in [0.717, 1.165) is 43.7 Å². The number of carbonyl (C=O) groups excluding carboxylic acids is 4. The molecule has 1 aliphatic rings. The van der Waals surface area contributed by atoms with Crippen molar-refractivity contribution in [1.82, 2.24) is 16.0 Å². The Balaban J connectivity index is 1.77. The van der Waals surface area contributed by atoms with Crippen molar-refractivity contribution in [2.24, 2.45) is 5.92 Å². The Bertz CT molecular complexity index is 1270. The third kappa shape index (κ3) is 11.0. The minimum Gasteiger partial charge on any atom is -0.465 e. The highest BCUT2D eigenvalue weighted by Gasteiger charge is 2.33. The Hall–Kier alpha value is -4.36. The Morgan fingerprint density at radius 3 is 2.41 bits per heavy atom. The van der Waals surface area contributed by atoms with E-state index in [-0.39, 0.29) is 37.0 Å². The molecule has 4 N–H and O–H groups in total. The maximum absolute atomic E-state index is 13.7. The van der Waals surface area contributed by atoms with E-state index in [4.69, 9.17) is 9.47 Å². The number of nitrogens with one attached hydrogen (secondary N) is 3. The summed E-state index contributed by atoms with van der Waals surface area (Å²) in [5.41, 5.74) is 0.582. The van der Waals surface area contributed by atoms with Crippen molar-refractivity contribution in [2.45, 2.75) is 70.2 Å². The van der Waals surface area contributed by atoms with E-state index in [1.807, 2.05) is 30.3 Å². The average Bonchev–Trinajstić information content (AvgIpc) is 3.03. The van der Waals surface area contributed by atoms with Crippen LogP contribution in [0.25, 0.3) is 0 Å². The minimum absolute atomic E-state index is 0.0155. The molecule has 44 heavy (non-hydrogen) atoms. The van der Waals surface area contributed by atoms with Crippen molar-refractivity contribution in [2.75, 3.05) is 19.8 Å². The molecule has 0 heterocycles. The van der Waals surface area contributed by atoms with E-state index >= 15 is 0 Å². The standard InChI is InChI=1S/C31H40N4O9/c1-2-44-27(36)18-32-31(40)28(37)26(20-43-19-22-12-7-4-8-13-22)34-30(39)25(16-21-10-5-3-6-11-21)33-29(38)23-14-9-15-24(17-23)35(41)42/h4,7-9,12-15,17,21,25-26,28,37H,2-3,5-6,10-11,16,18-20H2,1H3,(H,32,40)(H,33,38)(H,34,39)/t25-,26-,28?/m0/s1. The van der Waals surface area contributed by atoms with Gasteiger partial charge in [-0.3, -0.25) is 29.3 Å². The molecule has 0 spiro atoms. The molecule has 1 fully saturated rings. The van der Waals surface area contributed by atoms with Crippen LogP contribution in [0.5, 0.6) is 0 Å². The number of amides is 3. The van der Waals surface area contributed by atoms with E-state index in [1.54, 1.807) is 6.92 Å². The third-order valence-electron chi connectivity index (χ3n) is 7.33. The Morgan fingerprint density at radius 2 is 1.73 bits per heavy atom. The number of nitrogens with zero attached hydrogens (tertiary/aromatic N) is 1. The van der Waals surface area contributed by atoms with Gasteiger partial charge in [-0.05, 0) is 30.9 Å². The fourth-order valence-corrected chi connectivity index (χ4v) is 5.02. The lowest BCUT2D eigenvalue weighted by Gasteiger charge is -2.29. The summed E-state index contributed by atoms with van der Waals surface area (Å²) in [6.07, 6.45) is 3.32. The SMILES string of the molecule is CCOC(=O)CNC(=O)C(O)[C@H](COCc1ccccc1)NC(=O)[C@H](CC1CCCCC1)NC(=O)c1cccc([N+](=O)[O-])c1. The van der Waals surface area contributed by atoms with Crippen LogP contribution in [0, 0.1) is 16.0 Å².